The molecule has 0 aromatic heterocycles. The molecule has 100 valence electrons. The first-order chi connectivity index (χ1) is 8.41. The topological polar surface area (TPSA) is 127 Å². The summed E-state index contributed by atoms with van der Waals surface area (Å²) in [4.78, 5) is 19.3. The van der Waals surface area contributed by atoms with Gasteiger partial charge in [0.15, 0.2) is 0 Å². The molecule has 0 fully saturated rings. The highest BCUT2D eigenvalue weighted by Gasteiger charge is 2.00. The molecule has 0 saturated heterocycles. The van der Waals surface area contributed by atoms with Crippen LogP contribution in [0.15, 0.2) is 30.3 Å². The molecule has 18 heavy (non-hydrogen) atoms. The average Bonchev–Trinajstić information content (AvgIpc) is 2.28. The van der Waals surface area contributed by atoms with E-state index >= 15 is 0 Å². The highest BCUT2D eigenvalue weighted by molar-refractivity contribution is 7.80. The lowest BCUT2D eigenvalue weighted by Crippen LogP contribution is -2.01. The monoisotopic (exact) mass is 274 g/mol. The minimum absolute atomic E-state index is 0.296. The molecule has 1 atom stereocenters. The molecule has 0 spiro atoms. The Morgan fingerprint density at radius 3 is 1.89 bits per heavy atom. The fraction of sp³-hybridized carbons (Fsp3) is 0.200. The maximum Gasteiger partial charge on any atom is 0.303 e. The summed E-state index contributed by atoms with van der Waals surface area (Å²) in [5.41, 5.74) is 0.579. The van der Waals surface area contributed by atoms with Crippen LogP contribution in [0, 0.1) is 0 Å². The van der Waals surface area contributed by atoms with Gasteiger partial charge in [-0.15, -0.1) is 0 Å². The van der Waals surface area contributed by atoms with Gasteiger partial charge in [-0.05, 0) is 12.1 Å². The van der Waals surface area contributed by atoms with Crippen LogP contribution < -0.4 is 4.72 Å². The van der Waals surface area contributed by atoms with Gasteiger partial charge in [-0.25, -0.2) is 0 Å². The Hall–Kier alpha value is -1.93. The van der Waals surface area contributed by atoms with E-state index in [-0.39, 0.29) is 12.8 Å². The number of anilines is 1. The van der Waals surface area contributed by atoms with Crippen molar-refractivity contribution >= 4 is 28.9 Å². The molecule has 1 aromatic carbocycles. The van der Waals surface area contributed by atoms with E-state index in [4.69, 9.17) is 10.2 Å². The van der Waals surface area contributed by atoms with Gasteiger partial charge >= 0.3 is 11.9 Å². The zero-order valence-electron chi connectivity index (χ0n) is 9.24. The lowest BCUT2D eigenvalue weighted by Gasteiger charge is -2.06. The van der Waals surface area contributed by atoms with E-state index < -0.39 is 23.2 Å². The van der Waals surface area contributed by atoms with Crippen molar-refractivity contribution in [2.75, 3.05) is 4.72 Å². The fourth-order valence-corrected chi connectivity index (χ4v) is 1.14. The molecule has 1 aromatic rings. The van der Waals surface area contributed by atoms with Crippen LogP contribution in [0.3, 0.4) is 0 Å². The molecule has 0 saturated carbocycles. The number of carbonyl (C=O) groups is 2. The summed E-state index contributed by atoms with van der Waals surface area (Å²) in [6.45, 7) is 0. The zero-order chi connectivity index (χ0) is 14.0. The highest BCUT2D eigenvalue weighted by Crippen LogP contribution is 2.04. The lowest BCUT2D eigenvalue weighted by atomic mass is 10.3. The molecular weight excluding hydrogens is 262 g/mol. The van der Waals surface area contributed by atoms with Gasteiger partial charge in [-0.1, -0.05) is 18.2 Å². The summed E-state index contributed by atoms with van der Waals surface area (Å²) in [6.07, 6.45) is -0.593. The molecule has 0 amide bonds. The predicted molar refractivity (Wildman–Crippen MR) is 63.5 cm³/mol. The summed E-state index contributed by atoms with van der Waals surface area (Å²) in [6, 6.07) is 8.69. The number of carboxylic acids is 2. The standard InChI is InChI=1S/C6H7NO2S.C4H6O4/c8-10(9)7-6-4-2-1-3-5-6;5-3(6)1-2-4(7)8/h1-5,7H,(H,8,9);1-2H2,(H,5,6)(H,7,8)/p-1. The van der Waals surface area contributed by atoms with Crippen molar-refractivity contribution in [1.82, 2.24) is 0 Å². The Labute approximate surface area is 106 Å². The quantitative estimate of drug-likeness (QED) is 0.682. The van der Waals surface area contributed by atoms with E-state index in [2.05, 4.69) is 4.72 Å². The largest absolute Gasteiger partial charge is 0.755 e. The van der Waals surface area contributed by atoms with Gasteiger partial charge in [0.1, 0.15) is 0 Å². The van der Waals surface area contributed by atoms with Gasteiger partial charge in [-0.2, -0.15) is 0 Å². The molecule has 0 radical (unpaired) electrons. The number of para-hydroxylation sites is 1. The summed E-state index contributed by atoms with van der Waals surface area (Å²) < 4.78 is 22.3. The van der Waals surface area contributed by atoms with E-state index in [9.17, 15) is 18.4 Å². The maximum absolute atomic E-state index is 10.1. The molecule has 0 aliphatic carbocycles. The first kappa shape index (κ1) is 16.1. The van der Waals surface area contributed by atoms with Crippen molar-refractivity contribution in [1.29, 1.82) is 0 Å². The van der Waals surface area contributed by atoms with Crippen LogP contribution in [0.5, 0.6) is 0 Å². The second kappa shape index (κ2) is 9.14. The third-order valence-corrected chi connectivity index (χ3v) is 1.93. The summed E-state index contributed by atoms with van der Waals surface area (Å²) in [5.74, 6) is -2.15. The minimum Gasteiger partial charge on any atom is -0.755 e. The average molecular weight is 274 g/mol. The molecule has 3 N–H and O–H groups in total. The van der Waals surface area contributed by atoms with E-state index in [1.807, 2.05) is 6.07 Å². The second-order valence-electron chi connectivity index (χ2n) is 2.99. The first-order valence-electron chi connectivity index (χ1n) is 4.76. The molecule has 1 unspecified atom stereocenters. The van der Waals surface area contributed by atoms with Crippen molar-refractivity contribution in [3.63, 3.8) is 0 Å². The molecule has 0 heterocycles. The van der Waals surface area contributed by atoms with E-state index in [0.717, 1.165) is 0 Å². The molecule has 1 rings (SSSR count). The number of nitrogens with one attached hydrogen (secondary N) is 1. The number of carboxylic acid groups (broad SMARTS) is 2. The van der Waals surface area contributed by atoms with Crippen molar-refractivity contribution in [3.05, 3.63) is 30.3 Å². The van der Waals surface area contributed by atoms with Crippen LogP contribution in [0.4, 0.5) is 5.69 Å². The molecule has 8 heteroatoms. The summed E-state index contributed by atoms with van der Waals surface area (Å²) in [7, 11) is 0. The van der Waals surface area contributed by atoms with Crippen LogP contribution in [0.25, 0.3) is 0 Å². The Kier molecular flexibility index (Phi) is 8.16. The predicted octanol–water partition coefficient (Wildman–Crippen LogP) is 0.828. The van der Waals surface area contributed by atoms with Gasteiger partial charge in [-0.3, -0.25) is 13.8 Å². The van der Waals surface area contributed by atoms with Crippen molar-refractivity contribution in [2.45, 2.75) is 12.8 Å². The Bertz CT molecular complexity index is 394. The molecule has 7 nitrogen and oxygen atoms in total. The van der Waals surface area contributed by atoms with Crippen molar-refractivity contribution in [3.8, 4) is 0 Å². The van der Waals surface area contributed by atoms with E-state index in [1.54, 1.807) is 24.3 Å². The van der Waals surface area contributed by atoms with Crippen molar-refractivity contribution in [2.24, 2.45) is 0 Å². The zero-order valence-corrected chi connectivity index (χ0v) is 10.1. The van der Waals surface area contributed by atoms with Crippen LogP contribution in [0.1, 0.15) is 12.8 Å². The normalized spacial score (nSPS) is 10.7. The third-order valence-electron chi connectivity index (χ3n) is 1.53. The molecular formula is C10H12NO6S-. The third kappa shape index (κ3) is 10.6. The van der Waals surface area contributed by atoms with Gasteiger partial charge in [0, 0.05) is 17.0 Å². The molecule has 0 aliphatic heterocycles. The molecule has 0 aliphatic rings. The minimum atomic E-state index is -2.22. The Morgan fingerprint density at radius 2 is 1.56 bits per heavy atom. The molecule has 0 bridgehead atoms. The Morgan fingerprint density at radius 1 is 1.11 bits per heavy atom. The van der Waals surface area contributed by atoms with Crippen LogP contribution in [0.2, 0.25) is 0 Å². The number of hydrogen-bond acceptors (Lipinski definition) is 4. The summed E-state index contributed by atoms with van der Waals surface area (Å²) >= 11 is -2.22. The van der Waals surface area contributed by atoms with Gasteiger partial charge < -0.3 is 19.5 Å². The van der Waals surface area contributed by atoms with Crippen LogP contribution in [-0.2, 0) is 20.9 Å². The smallest absolute Gasteiger partial charge is 0.303 e. The number of rotatable bonds is 5. The van der Waals surface area contributed by atoms with Crippen LogP contribution in [-0.4, -0.2) is 30.9 Å². The van der Waals surface area contributed by atoms with E-state index in [0.29, 0.717) is 5.69 Å². The second-order valence-corrected chi connectivity index (χ2v) is 3.66. The Balaban J connectivity index is 0.000000331. The maximum atomic E-state index is 10.1. The van der Waals surface area contributed by atoms with Gasteiger partial charge in [0.05, 0.1) is 12.8 Å². The number of benzene rings is 1. The SMILES string of the molecule is O=C(O)CCC(=O)O.O=S([O-])Nc1ccccc1. The number of hydrogen-bond donors (Lipinski definition) is 3. The van der Waals surface area contributed by atoms with E-state index in [1.165, 1.54) is 0 Å². The first-order valence-corrected chi connectivity index (χ1v) is 5.84. The lowest BCUT2D eigenvalue weighted by molar-refractivity contribution is -0.143. The van der Waals surface area contributed by atoms with Crippen LogP contribution >= 0.6 is 0 Å². The highest BCUT2D eigenvalue weighted by atomic mass is 32.2. The summed E-state index contributed by atoms with van der Waals surface area (Å²) in [5, 5.41) is 15.8. The fourth-order valence-electron chi connectivity index (χ4n) is 0.816. The number of aliphatic carboxylic acids is 2. The van der Waals surface area contributed by atoms with Gasteiger partial charge in [0.25, 0.3) is 0 Å². The van der Waals surface area contributed by atoms with Crippen molar-refractivity contribution < 1.29 is 28.6 Å². The van der Waals surface area contributed by atoms with Gasteiger partial charge in [0.2, 0.25) is 0 Å².